The topological polar surface area (TPSA) is 92.7 Å². The van der Waals surface area contributed by atoms with Crippen molar-refractivity contribution in [3.63, 3.8) is 0 Å². The molecule has 1 aliphatic rings. The summed E-state index contributed by atoms with van der Waals surface area (Å²) in [5.41, 5.74) is 2.21. The van der Waals surface area contributed by atoms with Gasteiger partial charge in [0.1, 0.15) is 11.6 Å². The van der Waals surface area contributed by atoms with Gasteiger partial charge in [0.05, 0.1) is 12.3 Å². The first-order chi connectivity index (χ1) is 16.8. The predicted molar refractivity (Wildman–Crippen MR) is 128 cm³/mol. The second-order valence-electron chi connectivity index (χ2n) is 9.16. The lowest BCUT2D eigenvalue weighted by Crippen LogP contribution is -2.13. The van der Waals surface area contributed by atoms with Crippen LogP contribution in [0.1, 0.15) is 32.3 Å². The molecular formula is C26H25ClF3NO5. The van der Waals surface area contributed by atoms with Crippen LogP contribution in [0.5, 0.6) is 0 Å². The molecule has 3 rings (SSSR count). The monoisotopic (exact) mass is 523 g/mol. The fraction of sp³-hybridized carbons (Fsp3) is 0.346. The third kappa shape index (κ3) is 6.87. The molecule has 0 aromatic heterocycles. The maximum atomic E-state index is 12.7. The fourth-order valence-electron chi connectivity index (χ4n) is 3.97. The molecule has 2 atom stereocenters. The van der Waals surface area contributed by atoms with Gasteiger partial charge in [-0.25, -0.2) is 0 Å². The molecule has 1 saturated carbocycles. The molecule has 10 heteroatoms. The number of halogens is 4. The zero-order valence-corrected chi connectivity index (χ0v) is 20.3. The molecule has 1 aliphatic carbocycles. The number of ether oxygens (including phenoxy) is 1. The number of carboxylic acids is 1. The Kier molecular flexibility index (Phi) is 8.13. The summed E-state index contributed by atoms with van der Waals surface area (Å²) in [6, 6.07) is 14.2. The van der Waals surface area contributed by atoms with Crippen molar-refractivity contribution in [2.75, 3.05) is 5.32 Å². The molecule has 0 heterocycles. The quantitative estimate of drug-likeness (QED) is 0.384. The number of carbonyl (C=O) groups excluding carboxylic acids is 2. The number of esters is 1. The molecule has 0 saturated heterocycles. The van der Waals surface area contributed by atoms with Crippen LogP contribution < -0.4 is 5.32 Å². The van der Waals surface area contributed by atoms with Crippen LogP contribution in [0, 0.1) is 17.3 Å². The van der Waals surface area contributed by atoms with Crippen LogP contribution in [0.2, 0.25) is 0 Å². The summed E-state index contributed by atoms with van der Waals surface area (Å²) < 4.78 is 43.6. The second-order valence-corrected chi connectivity index (χ2v) is 9.57. The van der Waals surface area contributed by atoms with Gasteiger partial charge >= 0.3 is 18.1 Å². The molecule has 1 amide bonds. The smallest absolute Gasteiger partial charge is 0.426 e. The number of hydrogen-bond donors (Lipinski definition) is 2. The Morgan fingerprint density at radius 1 is 1.08 bits per heavy atom. The standard InChI is InChI=1S/C26H25ClF3NO5/c1-25(2)19(13-20(27)26(28,29)30)23(25)24(35)36-14-15-4-3-5-17(12-15)16-6-8-18(9-7-16)31-21(32)10-11-22(33)34/h3-9,12-13,19,23H,10-11,14H2,1-2H3,(H,31,32)(H,33,34)/b20-13-. The third-order valence-electron chi connectivity index (χ3n) is 6.14. The summed E-state index contributed by atoms with van der Waals surface area (Å²) in [4.78, 5) is 34.9. The van der Waals surface area contributed by atoms with Gasteiger partial charge in [-0.3, -0.25) is 14.4 Å². The zero-order valence-electron chi connectivity index (χ0n) is 19.6. The van der Waals surface area contributed by atoms with E-state index in [4.69, 9.17) is 21.4 Å². The van der Waals surface area contributed by atoms with Crippen LogP contribution in [0.4, 0.5) is 18.9 Å². The van der Waals surface area contributed by atoms with Gasteiger partial charge in [0.2, 0.25) is 5.91 Å². The number of alkyl halides is 3. The second kappa shape index (κ2) is 10.7. The van der Waals surface area contributed by atoms with Crippen LogP contribution in [0.25, 0.3) is 11.1 Å². The number of carboxylic acid groups (broad SMARTS) is 1. The van der Waals surface area contributed by atoms with Crippen molar-refractivity contribution >= 4 is 35.1 Å². The maximum Gasteiger partial charge on any atom is 0.426 e. The molecule has 0 aliphatic heterocycles. The highest BCUT2D eigenvalue weighted by atomic mass is 35.5. The van der Waals surface area contributed by atoms with Crippen LogP contribution in [-0.4, -0.2) is 29.1 Å². The lowest BCUT2D eigenvalue weighted by Gasteiger charge is -2.09. The molecule has 6 nitrogen and oxygen atoms in total. The molecule has 0 bridgehead atoms. The number of rotatable bonds is 9. The van der Waals surface area contributed by atoms with E-state index < -0.39 is 46.3 Å². The van der Waals surface area contributed by atoms with Crippen molar-refractivity contribution < 1.29 is 37.4 Å². The van der Waals surface area contributed by atoms with E-state index in [1.165, 1.54) is 0 Å². The number of aliphatic carboxylic acids is 1. The Balaban J connectivity index is 1.59. The zero-order chi connectivity index (χ0) is 26.7. The van der Waals surface area contributed by atoms with Gasteiger partial charge in [0.25, 0.3) is 0 Å². The summed E-state index contributed by atoms with van der Waals surface area (Å²) in [7, 11) is 0. The largest absolute Gasteiger partial charge is 0.481 e. The summed E-state index contributed by atoms with van der Waals surface area (Å²) in [6.07, 6.45) is -4.15. The van der Waals surface area contributed by atoms with Crippen molar-refractivity contribution in [2.24, 2.45) is 17.3 Å². The molecule has 2 unspecified atom stereocenters. The summed E-state index contributed by atoms with van der Waals surface area (Å²) in [5.74, 6) is -3.40. The fourth-order valence-corrected chi connectivity index (χ4v) is 4.10. The first kappa shape index (κ1) is 27.3. The lowest BCUT2D eigenvalue weighted by molar-refractivity contribution is -0.147. The average Bonchev–Trinajstić information content (AvgIpc) is 3.35. The van der Waals surface area contributed by atoms with Crippen molar-refractivity contribution in [3.05, 3.63) is 65.2 Å². The van der Waals surface area contributed by atoms with Crippen LogP contribution in [0.3, 0.4) is 0 Å². The van der Waals surface area contributed by atoms with E-state index >= 15 is 0 Å². The molecule has 2 N–H and O–H groups in total. The Hall–Kier alpha value is -3.33. The molecule has 0 spiro atoms. The van der Waals surface area contributed by atoms with E-state index in [-0.39, 0.29) is 19.4 Å². The van der Waals surface area contributed by atoms with Crippen molar-refractivity contribution in [2.45, 2.75) is 39.5 Å². The highest BCUT2D eigenvalue weighted by Gasteiger charge is 2.62. The van der Waals surface area contributed by atoms with E-state index in [9.17, 15) is 27.6 Å². The molecule has 1 fully saturated rings. The number of hydrogen-bond acceptors (Lipinski definition) is 4. The highest BCUT2D eigenvalue weighted by molar-refractivity contribution is 6.30. The first-order valence-corrected chi connectivity index (χ1v) is 11.5. The minimum Gasteiger partial charge on any atom is -0.481 e. The van der Waals surface area contributed by atoms with Crippen LogP contribution >= 0.6 is 11.6 Å². The van der Waals surface area contributed by atoms with Gasteiger partial charge in [-0.1, -0.05) is 61.9 Å². The molecule has 2 aromatic carbocycles. The molecular weight excluding hydrogens is 499 g/mol. The van der Waals surface area contributed by atoms with Crippen molar-refractivity contribution in [1.82, 2.24) is 0 Å². The van der Waals surface area contributed by atoms with E-state index in [1.54, 1.807) is 50.2 Å². The predicted octanol–water partition coefficient (Wildman–Crippen LogP) is 6.16. The van der Waals surface area contributed by atoms with Gasteiger partial charge in [0, 0.05) is 12.1 Å². The van der Waals surface area contributed by atoms with E-state index in [0.717, 1.165) is 17.2 Å². The Morgan fingerprint density at radius 2 is 1.75 bits per heavy atom. The first-order valence-electron chi connectivity index (χ1n) is 11.1. The van der Waals surface area contributed by atoms with Crippen molar-refractivity contribution in [1.29, 1.82) is 0 Å². The SMILES string of the molecule is CC1(C)C(/C=C(\Cl)C(F)(F)F)C1C(=O)OCc1cccc(-c2ccc(NC(=O)CCC(=O)O)cc2)c1. The average molecular weight is 524 g/mol. The van der Waals surface area contributed by atoms with E-state index in [2.05, 4.69) is 5.32 Å². The Labute approximate surface area is 211 Å². The Bertz CT molecular complexity index is 1170. The van der Waals surface area contributed by atoms with E-state index in [0.29, 0.717) is 11.3 Å². The highest BCUT2D eigenvalue weighted by Crippen LogP contribution is 2.60. The number of anilines is 1. The lowest BCUT2D eigenvalue weighted by atomic mass is 10.0. The number of benzene rings is 2. The normalized spacial score (nSPS) is 18.9. The molecule has 36 heavy (non-hydrogen) atoms. The Morgan fingerprint density at radius 3 is 2.36 bits per heavy atom. The summed E-state index contributed by atoms with van der Waals surface area (Å²) in [5, 5.41) is 10.0. The minimum atomic E-state index is -4.65. The van der Waals surface area contributed by atoms with E-state index in [1.807, 2.05) is 12.1 Å². The number of amides is 1. The minimum absolute atomic E-state index is 0.0413. The number of nitrogens with one attached hydrogen (secondary N) is 1. The van der Waals surface area contributed by atoms with Gasteiger partial charge < -0.3 is 15.2 Å². The van der Waals surface area contributed by atoms with Crippen molar-refractivity contribution in [3.8, 4) is 11.1 Å². The molecule has 192 valence electrons. The molecule has 2 aromatic rings. The number of allylic oxidation sites excluding steroid dienone is 2. The van der Waals surface area contributed by atoms with Crippen LogP contribution in [-0.2, 0) is 25.7 Å². The maximum absolute atomic E-state index is 12.7. The summed E-state index contributed by atoms with van der Waals surface area (Å²) >= 11 is 5.34. The third-order valence-corrected chi connectivity index (χ3v) is 6.48. The van der Waals surface area contributed by atoms with Gasteiger partial charge in [-0.15, -0.1) is 0 Å². The van der Waals surface area contributed by atoms with Gasteiger partial charge in [0.15, 0.2) is 0 Å². The summed E-state index contributed by atoms with van der Waals surface area (Å²) in [6.45, 7) is 3.35. The number of carbonyl (C=O) groups is 3. The molecule has 0 radical (unpaired) electrons. The van der Waals surface area contributed by atoms with Crippen LogP contribution in [0.15, 0.2) is 59.6 Å². The van der Waals surface area contributed by atoms with Gasteiger partial charge in [-0.05, 0) is 46.2 Å². The van der Waals surface area contributed by atoms with Gasteiger partial charge in [-0.2, -0.15) is 13.2 Å².